The van der Waals surface area contributed by atoms with E-state index >= 15 is 0 Å². The summed E-state index contributed by atoms with van der Waals surface area (Å²) in [6.07, 6.45) is 23.9. The highest BCUT2D eigenvalue weighted by atomic mass is 16.2. The number of amides is 2. The van der Waals surface area contributed by atoms with E-state index in [-0.39, 0.29) is 17.7 Å². The minimum atomic E-state index is 0.116. The Hall–Kier alpha value is -2.95. The van der Waals surface area contributed by atoms with E-state index in [9.17, 15) is 9.59 Å². The van der Waals surface area contributed by atoms with Crippen LogP contribution in [-0.2, 0) is 16.1 Å². The van der Waals surface area contributed by atoms with Gasteiger partial charge in [0.15, 0.2) is 0 Å². The summed E-state index contributed by atoms with van der Waals surface area (Å²) in [5.74, 6) is 3.23. The molecule has 2 aliphatic carbocycles. The van der Waals surface area contributed by atoms with Gasteiger partial charge < -0.3 is 15.5 Å². The van der Waals surface area contributed by atoms with Gasteiger partial charge in [-0.05, 0) is 146 Å². The predicted octanol–water partition coefficient (Wildman–Crippen LogP) is 8.92. The zero-order chi connectivity index (χ0) is 38.8. The zero-order valence-corrected chi connectivity index (χ0v) is 34.5. The summed E-state index contributed by atoms with van der Waals surface area (Å²) in [5, 5.41) is 6.16. The molecule has 3 aliphatic rings. The molecule has 290 valence electrons. The third-order valence-electron chi connectivity index (χ3n) is 9.79. The molecule has 0 spiro atoms. The number of carbonyl (C=O) groups is 2. The third kappa shape index (κ3) is 23.3. The number of carbonyl (C=O) groups excluding carboxylic acids is 2. The molecule has 1 aromatic heterocycles. The molecule has 1 aliphatic heterocycles. The van der Waals surface area contributed by atoms with Crippen molar-refractivity contribution in [3.05, 3.63) is 53.9 Å². The molecule has 3 atom stereocenters. The number of rotatable bonds is 11. The molecule has 51 heavy (non-hydrogen) atoms. The smallest absolute Gasteiger partial charge is 0.224 e. The van der Waals surface area contributed by atoms with Crippen molar-refractivity contribution in [1.29, 1.82) is 0 Å². The minimum Gasteiger partial charge on any atom is -0.356 e. The van der Waals surface area contributed by atoms with E-state index in [1.54, 1.807) is 6.92 Å². The van der Waals surface area contributed by atoms with Crippen molar-refractivity contribution in [2.24, 2.45) is 29.1 Å². The van der Waals surface area contributed by atoms with Gasteiger partial charge >= 0.3 is 0 Å². The van der Waals surface area contributed by atoms with E-state index in [1.165, 1.54) is 48.8 Å². The Kier molecular flexibility index (Phi) is 26.1. The number of hydrogen-bond donors (Lipinski definition) is 2. The van der Waals surface area contributed by atoms with Gasteiger partial charge in [-0.1, -0.05) is 44.9 Å². The van der Waals surface area contributed by atoms with Crippen LogP contribution >= 0.6 is 0 Å². The van der Waals surface area contributed by atoms with Crippen molar-refractivity contribution in [2.75, 3.05) is 45.8 Å². The number of piperidine rings is 1. The Labute approximate surface area is 314 Å². The maximum atomic E-state index is 12.5. The number of pyridine rings is 1. The highest BCUT2D eigenvalue weighted by Gasteiger charge is 2.40. The Morgan fingerprint density at radius 3 is 2.08 bits per heavy atom. The fourth-order valence-corrected chi connectivity index (χ4v) is 7.58. The first-order valence-electron chi connectivity index (χ1n) is 19.6. The predicted molar refractivity (Wildman–Crippen MR) is 219 cm³/mol. The fourth-order valence-electron chi connectivity index (χ4n) is 7.58. The summed E-state index contributed by atoms with van der Waals surface area (Å²) in [6.45, 7) is 32.0. The number of allylic oxidation sites excluding steroid dienone is 3. The highest BCUT2D eigenvalue weighted by molar-refractivity contribution is 5.79. The lowest BCUT2D eigenvalue weighted by molar-refractivity contribution is -0.126. The number of hydrogen-bond acceptors (Lipinski definition) is 5. The molecule has 2 bridgehead atoms. The molecule has 1 saturated heterocycles. The summed E-state index contributed by atoms with van der Waals surface area (Å²) >= 11 is 0. The second-order valence-electron chi connectivity index (χ2n) is 15.9. The first-order valence-corrected chi connectivity index (χ1v) is 19.6. The van der Waals surface area contributed by atoms with Crippen LogP contribution in [-0.4, -0.2) is 72.4 Å². The van der Waals surface area contributed by atoms with Gasteiger partial charge in [0.25, 0.3) is 0 Å². The van der Waals surface area contributed by atoms with Crippen LogP contribution in [0.2, 0.25) is 0 Å². The molecule has 4 rings (SSSR count). The normalized spacial score (nSPS) is 23.5. The van der Waals surface area contributed by atoms with Crippen LogP contribution in [0, 0.1) is 41.9 Å². The molecule has 3 fully saturated rings. The largest absolute Gasteiger partial charge is 0.356 e. The number of aromatic nitrogens is 1. The van der Waals surface area contributed by atoms with Crippen molar-refractivity contribution >= 4 is 11.8 Å². The summed E-state index contributed by atoms with van der Waals surface area (Å²) in [6, 6.07) is 4.10. The Morgan fingerprint density at radius 2 is 1.59 bits per heavy atom. The monoisotopic (exact) mass is 708 g/mol. The molecule has 7 heteroatoms. The van der Waals surface area contributed by atoms with Gasteiger partial charge in [-0.3, -0.25) is 19.5 Å². The maximum absolute atomic E-state index is 12.5. The molecular weight excluding hydrogens is 631 g/mol. The van der Waals surface area contributed by atoms with Crippen molar-refractivity contribution in [3.8, 4) is 12.8 Å². The van der Waals surface area contributed by atoms with Gasteiger partial charge in [0.1, 0.15) is 0 Å². The number of nitrogens with one attached hydrogen (secondary N) is 2. The molecular formula is C44H77N5O2. The average Bonchev–Trinajstić information content (AvgIpc) is 3.08. The zero-order valence-electron chi connectivity index (χ0n) is 34.5. The summed E-state index contributed by atoms with van der Waals surface area (Å²) in [7, 11) is 0. The van der Waals surface area contributed by atoms with E-state index < -0.39 is 0 Å². The van der Waals surface area contributed by atoms with Crippen LogP contribution < -0.4 is 10.6 Å². The van der Waals surface area contributed by atoms with E-state index in [4.69, 9.17) is 0 Å². The lowest BCUT2D eigenvalue weighted by Gasteiger charge is -2.47. The molecule has 0 radical (unpaired) electrons. The molecule has 2 heterocycles. The number of nitrogens with zero attached hydrogens (tertiary/aromatic N) is 3. The van der Waals surface area contributed by atoms with Crippen LogP contribution in [0.1, 0.15) is 126 Å². The lowest BCUT2D eigenvalue weighted by atomic mass is 9.59. The van der Waals surface area contributed by atoms with Crippen molar-refractivity contribution in [2.45, 2.75) is 127 Å². The van der Waals surface area contributed by atoms with Gasteiger partial charge in [0.2, 0.25) is 11.8 Å². The first kappa shape index (κ1) is 48.0. The van der Waals surface area contributed by atoms with Gasteiger partial charge in [-0.15, -0.1) is 19.4 Å². The van der Waals surface area contributed by atoms with E-state index in [0.717, 1.165) is 89.4 Å². The standard InChI is InChI=1S/C19H32N4O.C14H25NO.C5H10.C4H8.C2H2/c1-3-12-22(4-2)14-11-21-19(24)18-6-5-13-23(16-18)15-17-7-9-20-10-8-17;1-10-4-12-6-13(5-10)8-14(3,7-12)9-15-11(2)16;1-4-5(2)3;1-4(2)3;1-2/h7-10,18H,3-6,11-16H2,1-2H3,(H,21,24);10,12-13H,4-9H2,1-3H3,(H,15,16);4H,1-3H3;1H2,2-3H3;1-2H. The molecule has 0 aromatic carbocycles. The SMILES string of the molecule is C#C.C=C(C)C.CC(=O)NCC1(C)CC2CC(C)CC(C2)C1.CC=C(C)C.CCCN(CC)CCNC(=O)C1CCCN(Cc2ccncc2)C1. The fraction of sp³-hybridized carbons (Fsp3) is 0.705. The molecule has 2 amide bonds. The van der Waals surface area contributed by atoms with E-state index in [1.807, 2.05) is 33.2 Å². The van der Waals surface area contributed by atoms with Crippen molar-refractivity contribution in [3.63, 3.8) is 0 Å². The number of fused-ring (bicyclic) bond motifs is 2. The second kappa shape index (κ2) is 27.7. The minimum absolute atomic E-state index is 0.116. The second-order valence-corrected chi connectivity index (χ2v) is 15.9. The van der Waals surface area contributed by atoms with Crippen molar-refractivity contribution in [1.82, 2.24) is 25.4 Å². The number of likely N-dealkylation sites (tertiary alicyclic amines) is 1. The van der Waals surface area contributed by atoms with Crippen LogP contribution in [0.3, 0.4) is 0 Å². The third-order valence-corrected chi connectivity index (χ3v) is 9.79. The molecule has 3 unspecified atom stereocenters. The van der Waals surface area contributed by atoms with Crippen LogP contribution in [0.15, 0.2) is 48.3 Å². The van der Waals surface area contributed by atoms with Crippen LogP contribution in [0.25, 0.3) is 0 Å². The lowest BCUT2D eigenvalue weighted by Crippen LogP contribution is -2.44. The molecule has 2 N–H and O–H groups in total. The summed E-state index contributed by atoms with van der Waals surface area (Å²) in [4.78, 5) is 32.3. The maximum Gasteiger partial charge on any atom is 0.224 e. The topological polar surface area (TPSA) is 77.6 Å². The van der Waals surface area contributed by atoms with E-state index in [0.29, 0.717) is 5.41 Å². The molecule has 2 saturated carbocycles. The quantitative estimate of drug-likeness (QED) is 0.178. The van der Waals surface area contributed by atoms with Gasteiger partial charge in [-0.25, -0.2) is 0 Å². The van der Waals surface area contributed by atoms with E-state index in [2.05, 4.69) is 105 Å². The Bertz CT molecular complexity index is 1120. The number of terminal acetylenes is 1. The van der Waals surface area contributed by atoms with Crippen LogP contribution in [0.5, 0.6) is 0 Å². The van der Waals surface area contributed by atoms with Gasteiger partial charge in [0.05, 0.1) is 5.92 Å². The highest BCUT2D eigenvalue weighted by Crippen LogP contribution is 2.49. The first-order chi connectivity index (χ1) is 24.2. The van der Waals surface area contributed by atoms with Crippen LogP contribution in [0.4, 0.5) is 0 Å². The number of likely N-dealkylation sites (N-methyl/N-ethyl adjacent to an activating group) is 1. The van der Waals surface area contributed by atoms with Crippen molar-refractivity contribution < 1.29 is 9.59 Å². The average molecular weight is 708 g/mol. The summed E-state index contributed by atoms with van der Waals surface area (Å²) < 4.78 is 0. The van der Waals surface area contributed by atoms with Gasteiger partial charge in [-0.2, -0.15) is 0 Å². The Balaban J connectivity index is 0.000000791. The van der Waals surface area contributed by atoms with Gasteiger partial charge in [0, 0.05) is 52.0 Å². The molecule has 7 nitrogen and oxygen atoms in total. The summed E-state index contributed by atoms with van der Waals surface area (Å²) in [5.41, 5.74) is 4.17. The molecule has 1 aromatic rings. The Morgan fingerprint density at radius 1 is 1.02 bits per heavy atom.